The van der Waals surface area contributed by atoms with Gasteiger partial charge in [0.15, 0.2) is 6.29 Å². The monoisotopic (exact) mass is 312 g/mol. The van der Waals surface area contributed by atoms with Crippen LogP contribution < -0.4 is 0 Å². The van der Waals surface area contributed by atoms with E-state index in [1.165, 1.54) is 32.8 Å². The van der Waals surface area contributed by atoms with E-state index in [1.54, 1.807) is 0 Å². The number of hydrogen-bond acceptors (Lipinski definition) is 4. The van der Waals surface area contributed by atoms with Crippen molar-refractivity contribution in [2.45, 2.75) is 71.7 Å². The average molecular weight is 312 g/mol. The summed E-state index contributed by atoms with van der Waals surface area (Å²) in [5, 5.41) is 0. The van der Waals surface area contributed by atoms with E-state index >= 15 is 0 Å². The number of methoxy groups -OCH3 is 1. The molecule has 0 heterocycles. The second-order valence-corrected chi connectivity index (χ2v) is 7.38. The van der Waals surface area contributed by atoms with Crippen LogP contribution in [0.3, 0.4) is 0 Å². The summed E-state index contributed by atoms with van der Waals surface area (Å²) in [4.78, 5) is 12.2. The lowest BCUT2D eigenvalue weighted by molar-refractivity contribution is -0.199. The molecule has 0 amide bonds. The largest absolute Gasteiger partial charge is 0.469 e. The highest BCUT2D eigenvalue weighted by Gasteiger charge is 2.43. The molecule has 0 aromatic carbocycles. The third-order valence-electron chi connectivity index (χ3n) is 5.14. The lowest BCUT2D eigenvalue weighted by Crippen LogP contribution is -2.44. The van der Waals surface area contributed by atoms with Crippen LogP contribution >= 0.6 is 0 Å². The van der Waals surface area contributed by atoms with Crippen molar-refractivity contribution in [3.8, 4) is 0 Å². The lowest BCUT2D eigenvalue weighted by atomic mass is 9.66. The molecule has 0 spiro atoms. The fourth-order valence-electron chi connectivity index (χ4n) is 4.01. The number of ether oxygens (including phenoxy) is 3. The Morgan fingerprint density at radius 2 is 1.73 bits per heavy atom. The minimum atomic E-state index is -0.264. The highest BCUT2D eigenvalue weighted by atomic mass is 16.7. The van der Waals surface area contributed by atoms with Crippen molar-refractivity contribution in [3.63, 3.8) is 0 Å². The summed E-state index contributed by atoms with van der Waals surface area (Å²) in [6.07, 6.45) is 6.71. The molecule has 2 fully saturated rings. The zero-order valence-corrected chi connectivity index (χ0v) is 14.5. The molecule has 4 nitrogen and oxygen atoms in total. The molecule has 0 bridgehead atoms. The van der Waals surface area contributed by atoms with Gasteiger partial charge in [0, 0.05) is 0 Å². The molecule has 0 aliphatic heterocycles. The van der Waals surface area contributed by atoms with Crippen LogP contribution in [0.25, 0.3) is 0 Å². The summed E-state index contributed by atoms with van der Waals surface area (Å²) in [6, 6.07) is 0. The summed E-state index contributed by atoms with van der Waals surface area (Å²) < 4.78 is 16.9. The Morgan fingerprint density at radius 1 is 1.09 bits per heavy atom. The Kier molecular flexibility index (Phi) is 6.69. The zero-order chi connectivity index (χ0) is 16.1. The number of carbonyl (C=O) groups is 1. The van der Waals surface area contributed by atoms with E-state index in [0.717, 1.165) is 12.8 Å². The first-order chi connectivity index (χ1) is 10.5. The van der Waals surface area contributed by atoms with Gasteiger partial charge in [-0.2, -0.15) is 0 Å². The normalized spacial score (nSPS) is 33.3. The molecule has 0 N–H and O–H groups in total. The number of rotatable bonds is 6. The van der Waals surface area contributed by atoms with Gasteiger partial charge in [-0.25, -0.2) is 0 Å². The Labute approximate surface area is 134 Å². The van der Waals surface area contributed by atoms with Crippen LogP contribution in [0.4, 0.5) is 0 Å². The van der Waals surface area contributed by atoms with Crippen LogP contribution in [0.1, 0.15) is 59.3 Å². The molecule has 128 valence electrons. The third-order valence-corrected chi connectivity index (χ3v) is 5.14. The predicted molar refractivity (Wildman–Crippen MR) is 85.3 cm³/mol. The van der Waals surface area contributed by atoms with Gasteiger partial charge >= 0.3 is 5.97 Å². The van der Waals surface area contributed by atoms with Gasteiger partial charge < -0.3 is 14.2 Å². The zero-order valence-electron chi connectivity index (χ0n) is 14.5. The number of hydrogen-bond donors (Lipinski definition) is 0. The van der Waals surface area contributed by atoms with Crippen LogP contribution in [0.5, 0.6) is 0 Å². The smallest absolute Gasteiger partial charge is 0.311 e. The molecule has 5 unspecified atom stereocenters. The summed E-state index contributed by atoms with van der Waals surface area (Å²) in [6.45, 7) is 6.86. The molecule has 0 saturated heterocycles. The molecule has 22 heavy (non-hydrogen) atoms. The van der Waals surface area contributed by atoms with Crippen LogP contribution in [0.15, 0.2) is 0 Å². The molecule has 2 aliphatic carbocycles. The van der Waals surface area contributed by atoms with E-state index < -0.39 is 0 Å². The highest BCUT2D eigenvalue weighted by Crippen LogP contribution is 2.44. The summed E-state index contributed by atoms with van der Waals surface area (Å²) in [5.41, 5.74) is 0. The molecule has 2 saturated carbocycles. The van der Waals surface area contributed by atoms with E-state index in [9.17, 15) is 4.79 Å². The summed E-state index contributed by atoms with van der Waals surface area (Å²) in [5.74, 6) is 1.61. The fraction of sp³-hybridized carbons (Fsp3) is 0.944. The van der Waals surface area contributed by atoms with Gasteiger partial charge in [-0.05, 0) is 37.5 Å². The van der Waals surface area contributed by atoms with Crippen molar-refractivity contribution in [1.29, 1.82) is 0 Å². The first kappa shape index (κ1) is 17.7. The van der Waals surface area contributed by atoms with Crippen molar-refractivity contribution < 1.29 is 19.0 Å². The van der Waals surface area contributed by atoms with Gasteiger partial charge in [-0.15, -0.1) is 0 Å². The van der Waals surface area contributed by atoms with Gasteiger partial charge in [0.25, 0.3) is 0 Å². The van der Waals surface area contributed by atoms with Gasteiger partial charge in [0.1, 0.15) is 0 Å². The molecule has 0 aromatic heterocycles. The van der Waals surface area contributed by atoms with E-state index in [4.69, 9.17) is 14.2 Å². The number of esters is 1. The maximum Gasteiger partial charge on any atom is 0.311 e. The van der Waals surface area contributed by atoms with Gasteiger partial charge in [0.2, 0.25) is 0 Å². The Balaban J connectivity index is 1.96. The molecule has 0 radical (unpaired) electrons. The second kappa shape index (κ2) is 8.30. The third kappa shape index (κ3) is 4.69. The molecule has 2 aliphatic rings. The summed E-state index contributed by atoms with van der Waals surface area (Å²) >= 11 is 0. The van der Waals surface area contributed by atoms with Crippen molar-refractivity contribution in [2.75, 3.05) is 13.7 Å². The highest BCUT2D eigenvalue weighted by molar-refractivity contribution is 5.73. The molecular formula is C18H32O4. The number of fused-ring (bicyclic) bond motifs is 1. The van der Waals surface area contributed by atoms with E-state index in [1.807, 2.05) is 6.92 Å². The standard InChI is InChI=1S/C18H32O4/c1-12(2)11-21-13(3)22-17-10-15-8-6-5-7-14(15)9-16(17)18(19)20-4/h12-17H,5-11H2,1-4H3. The topological polar surface area (TPSA) is 44.8 Å². The van der Waals surface area contributed by atoms with E-state index in [2.05, 4.69) is 13.8 Å². The van der Waals surface area contributed by atoms with Crippen molar-refractivity contribution in [3.05, 3.63) is 0 Å². The maximum absolute atomic E-state index is 12.2. The predicted octanol–water partition coefficient (Wildman–Crippen LogP) is 3.78. The van der Waals surface area contributed by atoms with Crippen LogP contribution in [0.2, 0.25) is 0 Å². The molecule has 4 heteroatoms. The fourth-order valence-corrected chi connectivity index (χ4v) is 4.01. The quantitative estimate of drug-likeness (QED) is 0.553. The van der Waals surface area contributed by atoms with Crippen molar-refractivity contribution in [2.24, 2.45) is 23.7 Å². The number of carbonyl (C=O) groups excluding carboxylic acids is 1. The summed E-state index contributed by atoms with van der Waals surface area (Å²) in [7, 11) is 1.48. The SMILES string of the molecule is COC(=O)C1CC2CCCCC2CC1OC(C)OCC(C)C. The molecule has 5 atom stereocenters. The maximum atomic E-state index is 12.2. The Bertz CT molecular complexity index is 355. The lowest BCUT2D eigenvalue weighted by Gasteiger charge is -2.43. The average Bonchev–Trinajstić information content (AvgIpc) is 2.51. The minimum Gasteiger partial charge on any atom is -0.469 e. The second-order valence-electron chi connectivity index (χ2n) is 7.38. The molecule has 0 aromatic rings. The molecular weight excluding hydrogens is 280 g/mol. The first-order valence-corrected chi connectivity index (χ1v) is 8.86. The van der Waals surface area contributed by atoms with Crippen LogP contribution in [0, 0.1) is 23.7 Å². The minimum absolute atomic E-state index is 0.0611. The van der Waals surface area contributed by atoms with Crippen molar-refractivity contribution in [1.82, 2.24) is 0 Å². The van der Waals surface area contributed by atoms with Gasteiger partial charge in [0.05, 0.1) is 25.7 Å². The Morgan fingerprint density at radius 3 is 2.32 bits per heavy atom. The van der Waals surface area contributed by atoms with Crippen LogP contribution in [-0.4, -0.2) is 32.1 Å². The van der Waals surface area contributed by atoms with Gasteiger partial charge in [-0.1, -0.05) is 39.5 Å². The van der Waals surface area contributed by atoms with E-state index in [-0.39, 0.29) is 24.3 Å². The van der Waals surface area contributed by atoms with E-state index in [0.29, 0.717) is 24.4 Å². The molecule has 2 rings (SSSR count). The van der Waals surface area contributed by atoms with Crippen molar-refractivity contribution >= 4 is 5.97 Å². The first-order valence-electron chi connectivity index (χ1n) is 8.86. The van der Waals surface area contributed by atoms with Gasteiger partial charge in [-0.3, -0.25) is 4.79 Å². The van der Waals surface area contributed by atoms with Crippen LogP contribution in [-0.2, 0) is 19.0 Å². The Hall–Kier alpha value is -0.610.